The zero-order chi connectivity index (χ0) is 11.4. The summed E-state index contributed by atoms with van der Waals surface area (Å²) in [5, 5.41) is 10.4. The fraction of sp³-hybridized carbons (Fsp3) is 0. The van der Waals surface area contributed by atoms with E-state index in [0.717, 1.165) is 0 Å². The molecule has 0 radical (unpaired) electrons. The van der Waals surface area contributed by atoms with E-state index in [9.17, 15) is 10.1 Å². The van der Waals surface area contributed by atoms with Gasteiger partial charge in [-0.15, -0.1) is 0 Å². The first-order valence-corrected chi connectivity index (χ1v) is 4.45. The molecular formula is C10H7N3O3. The Kier molecular flexibility index (Phi) is 2.73. The molecule has 2 rings (SSSR count). The van der Waals surface area contributed by atoms with Crippen LogP contribution in [0.25, 0.3) is 12.2 Å². The van der Waals surface area contributed by atoms with Gasteiger partial charge in [-0.3, -0.25) is 10.1 Å². The molecule has 0 aliphatic carbocycles. The van der Waals surface area contributed by atoms with Crippen LogP contribution in [0.2, 0.25) is 0 Å². The normalized spacial score (nSPS) is 10.8. The zero-order valence-corrected chi connectivity index (χ0v) is 8.11. The Morgan fingerprint density at radius 3 is 2.62 bits per heavy atom. The summed E-state index contributed by atoms with van der Waals surface area (Å²) >= 11 is 0. The fourth-order valence-corrected chi connectivity index (χ4v) is 1.08. The Morgan fingerprint density at radius 1 is 1.25 bits per heavy atom. The van der Waals surface area contributed by atoms with Crippen molar-refractivity contribution in [3.8, 4) is 0 Å². The molecular weight excluding hydrogens is 210 g/mol. The molecule has 6 nitrogen and oxygen atoms in total. The summed E-state index contributed by atoms with van der Waals surface area (Å²) in [6.07, 6.45) is 6.40. The van der Waals surface area contributed by atoms with E-state index in [1.165, 1.54) is 12.1 Å². The van der Waals surface area contributed by atoms with E-state index in [0.29, 0.717) is 11.6 Å². The molecule has 0 aliphatic heterocycles. The van der Waals surface area contributed by atoms with Gasteiger partial charge < -0.3 is 4.42 Å². The second-order valence-corrected chi connectivity index (χ2v) is 2.87. The maximum Gasteiger partial charge on any atom is 0.433 e. The van der Waals surface area contributed by atoms with Crippen molar-refractivity contribution in [1.29, 1.82) is 0 Å². The van der Waals surface area contributed by atoms with Gasteiger partial charge in [-0.2, -0.15) is 0 Å². The van der Waals surface area contributed by atoms with Gasteiger partial charge in [-0.1, -0.05) is 0 Å². The van der Waals surface area contributed by atoms with Crippen molar-refractivity contribution in [2.75, 3.05) is 0 Å². The minimum atomic E-state index is -0.587. The summed E-state index contributed by atoms with van der Waals surface area (Å²) in [5.41, 5.74) is 0. The quantitative estimate of drug-likeness (QED) is 0.581. The molecule has 0 saturated carbocycles. The van der Waals surface area contributed by atoms with E-state index in [4.69, 9.17) is 4.42 Å². The molecule has 0 aliphatic rings. The predicted octanol–water partition coefficient (Wildman–Crippen LogP) is 2.15. The van der Waals surface area contributed by atoms with Gasteiger partial charge in [-0.05, 0) is 24.3 Å². The molecule has 0 unspecified atom stereocenters. The molecule has 0 amide bonds. The smallest absolute Gasteiger partial charge is 0.401 e. The van der Waals surface area contributed by atoms with Crippen LogP contribution in [0.4, 0.5) is 5.88 Å². The summed E-state index contributed by atoms with van der Waals surface area (Å²) in [6, 6.07) is 4.51. The van der Waals surface area contributed by atoms with Gasteiger partial charge in [0.1, 0.15) is 10.7 Å². The zero-order valence-electron chi connectivity index (χ0n) is 8.11. The van der Waals surface area contributed by atoms with Crippen molar-refractivity contribution >= 4 is 18.0 Å². The third-order valence-corrected chi connectivity index (χ3v) is 1.77. The lowest BCUT2D eigenvalue weighted by atomic mass is 10.4. The van der Waals surface area contributed by atoms with Crippen molar-refractivity contribution < 1.29 is 9.34 Å². The average Bonchev–Trinajstić information content (AvgIpc) is 2.76. The lowest BCUT2D eigenvalue weighted by molar-refractivity contribution is -0.402. The monoisotopic (exact) mass is 217 g/mol. The second kappa shape index (κ2) is 4.35. The molecule has 2 aromatic heterocycles. The molecule has 0 N–H and O–H groups in total. The fourth-order valence-electron chi connectivity index (χ4n) is 1.08. The van der Waals surface area contributed by atoms with E-state index in [-0.39, 0.29) is 5.88 Å². The highest BCUT2D eigenvalue weighted by molar-refractivity contribution is 5.63. The molecule has 2 heterocycles. The maximum absolute atomic E-state index is 10.4. The Labute approximate surface area is 90.4 Å². The largest absolute Gasteiger partial charge is 0.433 e. The van der Waals surface area contributed by atoms with Crippen molar-refractivity contribution in [2.45, 2.75) is 0 Å². The Bertz CT molecular complexity index is 519. The molecule has 2 aromatic rings. The van der Waals surface area contributed by atoms with Crippen LogP contribution >= 0.6 is 0 Å². The van der Waals surface area contributed by atoms with Gasteiger partial charge in [0, 0.05) is 12.4 Å². The highest BCUT2D eigenvalue weighted by Crippen LogP contribution is 2.17. The molecule has 16 heavy (non-hydrogen) atoms. The summed E-state index contributed by atoms with van der Waals surface area (Å²) in [7, 11) is 0. The number of rotatable bonds is 3. The topological polar surface area (TPSA) is 82.1 Å². The predicted molar refractivity (Wildman–Crippen MR) is 56.3 cm³/mol. The molecule has 0 spiro atoms. The van der Waals surface area contributed by atoms with Crippen molar-refractivity contribution in [3.63, 3.8) is 0 Å². The highest BCUT2D eigenvalue weighted by atomic mass is 16.6. The Hall–Kier alpha value is -2.50. The summed E-state index contributed by atoms with van der Waals surface area (Å²) in [6.45, 7) is 0. The minimum absolute atomic E-state index is 0.284. The molecule has 0 saturated heterocycles. The van der Waals surface area contributed by atoms with Crippen LogP contribution in [0.15, 0.2) is 35.0 Å². The van der Waals surface area contributed by atoms with Crippen LogP contribution in [0.5, 0.6) is 0 Å². The van der Waals surface area contributed by atoms with Gasteiger partial charge >= 0.3 is 5.88 Å². The number of aromatic nitrogens is 2. The maximum atomic E-state index is 10.4. The summed E-state index contributed by atoms with van der Waals surface area (Å²) in [4.78, 5) is 17.7. The van der Waals surface area contributed by atoms with E-state index in [1.807, 2.05) is 0 Å². The highest BCUT2D eigenvalue weighted by Gasteiger charge is 2.09. The Balaban J connectivity index is 2.15. The average molecular weight is 217 g/mol. The first-order valence-electron chi connectivity index (χ1n) is 4.45. The number of nitro groups is 1. The van der Waals surface area contributed by atoms with Crippen molar-refractivity contribution in [1.82, 2.24) is 9.97 Å². The first-order chi connectivity index (χ1) is 7.75. The van der Waals surface area contributed by atoms with E-state index < -0.39 is 4.92 Å². The van der Waals surface area contributed by atoms with Crippen LogP contribution < -0.4 is 0 Å². The minimum Gasteiger partial charge on any atom is -0.401 e. The van der Waals surface area contributed by atoms with E-state index in [2.05, 4.69) is 9.97 Å². The van der Waals surface area contributed by atoms with Crippen LogP contribution in [-0.4, -0.2) is 14.9 Å². The first kappa shape index (κ1) is 10.0. The standard InChI is InChI=1S/C10H7N3O3/c14-13(15)10-5-3-8(16-10)2-4-9-11-6-1-7-12-9/h1-7H/b4-2-. The number of hydrogen-bond acceptors (Lipinski definition) is 5. The third-order valence-electron chi connectivity index (χ3n) is 1.77. The molecule has 80 valence electrons. The molecule has 0 aromatic carbocycles. The second-order valence-electron chi connectivity index (χ2n) is 2.87. The van der Waals surface area contributed by atoms with Crippen LogP contribution in [0.3, 0.4) is 0 Å². The van der Waals surface area contributed by atoms with Crippen molar-refractivity contribution in [2.24, 2.45) is 0 Å². The number of nitrogens with zero attached hydrogens (tertiary/aromatic N) is 3. The lowest BCUT2D eigenvalue weighted by Crippen LogP contribution is -1.83. The van der Waals surface area contributed by atoms with Gasteiger partial charge in [-0.25, -0.2) is 9.97 Å². The lowest BCUT2D eigenvalue weighted by Gasteiger charge is -1.88. The Morgan fingerprint density at radius 2 is 2.00 bits per heavy atom. The van der Waals surface area contributed by atoms with E-state index >= 15 is 0 Å². The van der Waals surface area contributed by atoms with Gasteiger partial charge in [0.2, 0.25) is 0 Å². The molecule has 0 bridgehead atoms. The SMILES string of the molecule is O=[N+]([O-])c1ccc(/C=C\c2ncccn2)o1. The van der Waals surface area contributed by atoms with Crippen molar-refractivity contribution in [3.05, 3.63) is 52.3 Å². The van der Waals surface area contributed by atoms with Gasteiger partial charge in [0.05, 0.1) is 6.07 Å². The van der Waals surface area contributed by atoms with E-state index in [1.54, 1.807) is 30.6 Å². The van der Waals surface area contributed by atoms with Crippen LogP contribution in [-0.2, 0) is 0 Å². The number of furan rings is 1. The molecule has 6 heteroatoms. The van der Waals surface area contributed by atoms with Gasteiger partial charge in [0.25, 0.3) is 0 Å². The van der Waals surface area contributed by atoms with Crippen LogP contribution in [0.1, 0.15) is 11.6 Å². The molecule has 0 fully saturated rings. The molecule has 0 atom stereocenters. The van der Waals surface area contributed by atoms with Gasteiger partial charge in [0.15, 0.2) is 5.82 Å². The third kappa shape index (κ3) is 2.30. The summed E-state index contributed by atoms with van der Waals surface area (Å²) < 4.78 is 4.93. The summed E-state index contributed by atoms with van der Waals surface area (Å²) in [5.74, 6) is 0.620. The van der Waals surface area contributed by atoms with Crippen LogP contribution in [0, 0.1) is 10.1 Å². The number of hydrogen-bond donors (Lipinski definition) is 0.